The van der Waals surface area contributed by atoms with E-state index in [0.717, 1.165) is 5.39 Å². The summed E-state index contributed by atoms with van der Waals surface area (Å²) in [6, 6.07) is 12.2. The van der Waals surface area contributed by atoms with Gasteiger partial charge < -0.3 is 19.9 Å². The number of hydrogen-bond donors (Lipinski definition) is 2. The number of phenolic OH excluding ortho intramolecular Hbond substituents is 1. The Morgan fingerprint density at radius 3 is 2.67 bits per heavy atom. The van der Waals surface area contributed by atoms with Crippen molar-refractivity contribution in [2.75, 3.05) is 18.5 Å². The Morgan fingerprint density at radius 1 is 1.15 bits per heavy atom. The zero-order chi connectivity index (χ0) is 18.5. The molecule has 0 fully saturated rings. The molecule has 0 spiro atoms. The van der Waals surface area contributed by atoms with Crippen LogP contribution in [0.25, 0.3) is 10.9 Å². The van der Waals surface area contributed by atoms with E-state index in [2.05, 4.69) is 10.3 Å². The molecule has 7 heteroatoms. The lowest BCUT2D eigenvalue weighted by Crippen LogP contribution is -2.09. The largest absolute Gasteiger partial charge is 0.508 e. The van der Waals surface area contributed by atoms with Crippen molar-refractivity contribution in [1.82, 2.24) is 4.98 Å². The Balaban J connectivity index is 0.00000261. The Bertz CT molecular complexity index is 946. The number of ether oxygens (including phenoxy) is 2. The van der Waals surface area contributed by atoms with Crippen LogP contribution in [0, 0.1) is 0 Å². The molecule has 2 N–H and O–H groups in total. The number of rotatable bonds is 6. The molecule has 0 radical (unpaired) electrons. The molecule has 0 aliphatic heterocycles. The molecule has 0 saturated heterocycles. The predicted molar refractivity (Wildman–Crippen MR) is 108 cm³/mol. The van der Waals surface area contributed by atoms with Crippen LogP contribution in [0.5, 0.6) is 11.5 Å². The third kappa shape index (κ3) is 4.60. The molecule has 1 heterocycles. The monoisotopic (exact) mass is 388 g/mol. The van der Waals surface area contributed by atoms with Crippen molar-refractivity contribution in [3.05, 3.63) is 54.2 Å². The second-order valence-corrected chi connectivity index (χ2v) is 5.55. The van der Waals surface area contributed by atoms with Crippen LogP contribution in [0.2, 0.25) is 0 Å². The van der Waals surface area contributed by atoms with Crippen LogP contribution in [-0.2, 0) is 4.74 Å². The maximum atomic E-state index is 12.4. The number of halogens is 1. The number of pyridine rings is 1. The smallest absolute Gasteiger partial charge is 0.341 e. The maximum Gasteiger partial charge on any atom is 0.341 e. The highest BCUT2D eigenvalue weighted by atomic mass is 35.5. The van der Waals surface area contributed by atoms with Crippen LogP contribution in [0.4, 0.5) is 11.4 Å². The van der Waals surface area contributed by atoms with Crippen LogP contribution in [0.15, 0.2) is 48.7 Å². The lowest BCUT2D eigenvalue weighted by atomic mass is 10.1. The molecule has 0 atom stereocenters. The van der Waals surface area contributed by atoms with Crippen LogP contribution < -0.4 is 10.1 Å². The summed E-state index contributed by atoms with van der Waals surface area (Å²) in [5, 5.41) is 13.7. The standard InChI is InChI=1S/C20H20N2O4.ClH/c1-3-25-15-8-9-18-16(11-15)19(17(12-21-18)20(24)26-4-2)22-13-6-5-7-14(23)10-13;/h5-12,23H,3-4H2,1-2H3,(H,21,22);1H. The lowest BCUT2D eigenvalue weighted by Gasteiger charge is -2.15. The van der Waals surface area contributed by atoms with Gasteiger partial charge in [-0.25, -0.2) is 4.79 Å². The number of carbonyl (C=O) groups is 1. The Kier molecular flexibility index (Phi) is 6.85. The van der Waals surface area contributed by atoms with E-state index in [1.54, 1.807) is 31.2 Å². The van der Waals surface area contributed by atoms with Crippen molar-refractivity contribution in [1.29, 1.82) is 0 Å². The zero-order valence-corrected chi connectivity index (χ0v) is 15.9. The summed E-state index contributed by atoms with van der Waals surface area (Å²) < 4.78 is 10.7. The molecule has 2 aromatic carbocycles. The van der Waals surface area contributed by atoms with Gasteiger partial charge in [0.05, 0.1) is 24.4 Å². The number of carbonyl (C=O) groups excluding carboxylic acids is 1. The predicted octanol–water partition coefficient (Wildman–Crippen LogP) is 4.68. The number of phenols is 1. The number of nitrogens with zero attached hydrogens (tertiary/aromatic N) is 1. The number of esters is 1. The minimum atomic E-state index is -0.466. The molecule has 0 amide bonds. The number of nitrogens with one attached hydrogen (secondary N) is 1. The second kappa shape index (κ2) is 9.09. The van der Waals surface area contributed by atoms with Gasteiger partial charge in [0.1, 0.15) is 17.1 Å². The van der Waals surface area contributed by atoms with Crippen LogP contribution in [0.3, 0.4) is 0 Å². The number of aromatic hydroxyl groups is 1. The first-order valence-electron chi connectivity index (χ1n) is 8.41. The number of hydrogen-bond acceptors (Lipinski definition) is 6. The maximum absolute atomic E-state index is 12.4. The molecule has 0 unspecified atom stereocenters. The van der Waals surface area contributed by atoms with Gasteiger partial charge in [0.15, 0.2) is 0 Å². The average Bonchev–Trinajstić information content (AvgIpc) is 2.62. The van der Waals surface area contributed by atoms with Gasteiger partial charge in [-0.3, -0.25) is 4.98 Å². The number of fused-ring (bicyclic) bond motifs is 1. The van der Waals surface area contributed by atoms with Crippen LogP contribution in [0.1, 0.15) is 24.2 Å². The van der Waals surface area contributed by atoms with Gasteiger partial charge in [0, 0.05) is 23.3 Å². The van der Waals surface area contributed by atoms with Crippen molar-refractivity contribution < 1.29 is 19.4 Å². The fourth-order valence-electron chi connectivity index (χ4n) is 2.65. The topological polar surface area (TPSA) is 80.7 Å². The Labute approximate surface area is 163 Å². The molecule has 27 heavy (non-hydrogen) atoms. The first kappa shape index (κ1) is 20.3. The minimum absolute atomic E-state index is 0. The summed E-state index contributed by atoms with van der Waals surface area (Å²) in [4.78, 5) is 16.8. The number of aromatic nitrogens is 1. The van der Waals surface area contributed by atoms with Crippen molar-refractivity contribution >= 4 is 40.7 Å². The zero-order valence-electron chi connectivity index (χ0n) is 15.1. The Hall–Kier alpha value is -2.99. The molecule has 0 bridgehead atoms. The van der Waals surface area contributed by atoms with E-state index in [9.17, 15) is 9.90 Å². The van der Waals surface area contributed by atoms with Crippen LogP contribution in [-0.4, -0.2) is 29.3 Å². The summed E-state index contributed by atoms with van der Waals surface area (Å²) in [5.41, 5.74) is 2.23. The first-order chi connectivity index (χ1) is 12.6. The van der Waals surface area contributed by atoms with Gasteiger partial charge in [0.2, 0.25) is 0 Å². The SMILES string of the molecule is CCOC(=O)c1cnc2ccc(OCC)cc2c1Nc1cccc(O)c1.Cl. The van der Waals surface area contributed by atoms with Crippen LogP contribution >= 0.6 is 12.4 Å². The third-order valence-corrected chi connectivity index (χ3v) is 3.76. The molecule has 3 rings (SSSR count). The van der Waals surface area contributed by atoms with Gasteiger partial charge >= 0.3 is 5.97 Å². The molecule has 0 saturated carbocycles. The van der Waals surface area contributed by atoms with Gasteiger partial charge in [-0.1, -0.05) is 6.07 Å². The molecule has 0 aliphatic rings. The van der Waals surface area contributed by atoms with Gasteiger partial charge in [-0.15, -0.1) is 12.4 Å². The van der Waals surface area contributed by atoms with Gasteiger partial charge in [-0.2, -0.15) is 0 Å². The van der Waals surface area contributed by atoms with E-state index in [1.807, 2.05) is 25.1 Å². The summed E-state index contributed by atoms with van der Waals surface area (Å²) in [5.74, 6) is 0.342. The summed E-state index contributed by atoms with van der Waals surface area (Å²) >= 11 is 0. The van der Waals surface area contributed by atoms with E-state index >= 15 is 0 Å². The number of anilines is 2. The highest BCUT2D eigenvalue weighted by Crippen LogP contribution is 2.33. The number of benzene rings is 2. The summed E-state index contributed by atoms with van der Waals surface area (Å²) in [6.07, 6.45) is 1.49. The van der Waals surface area contributed by atoms with E-state index in [4.69, 9.17) is 9.47 Å². The van der Waals surface area contributed by atoms with E-state index in [1.165, 1.54) is 6.20 Å². The normalized spacial score (nSPS) is 10.1. The van der Waals surface area contributed by atoms with Crippen molar-refractivity contribution in [3.8, 4) is 11.5 Å². The van der Waals surface area contributed by atoms with E-state index in [-0.39, 0.29) is 24.8 Å². The fraction of sp³-hybridized carbons (Fsp3) is 0.200. The quantitative estimate of drug-likeness (QED) is 0.597. The molecule has 142 valence electrons. The molecule has 0 aliphatic carbocycles. The molecule has 3 aromatic rings. The Morgan fingerprint density at radius 2 is 1.96 bits per heavy atom. The van der Waals surface area contributed by atoms with Crippen molar-refractivity contribution in [3.63, 3.8) is 0 Å². The highest BCUT2D eigenvalue weighted by molar-refractivity contribution is 6.06. The molecule has 6 nitrogen and oxygen atoms in total. The van der Waals surface area contributed by atoms with Crippen molar-refractivity contribution in [2.24, 2.45) is 0 Å². The lowest BCUT2D eigenvalue weighted by molar-refractivity contribution is 0.0527. The fourth-order valence-corrected chi connectivity index (χ4v) is 2.65. The highest BCUT2D eigenvalue weighted by Gasteiger charge is 2.17. The average molecular weight is 389 g/mol. The van der Waals surface area contributed by atoms with E-state index in [0.29, 0.717) is 34.8 Å². The summed E-state index contributed by atoms with van der Waals surface area (Å²) in [6.45, 7) is 4.46. The third-order valence-electron chi connectivity index (χ3n) is 3.76. The molecular weight excluding hydrogens is 368 g/mol. The summed E-state index contributed by atoms with van der Waals surface area (Å²) in [7, 11) is 0. The molecular formula is C20H21ClN2O4. The minimum Gasteiger partial charge on any atom is -0.508 e. The van der Waals surface area contributed by atoms with Gasteiger partial charge in [-0.05, 0) is 44.2 Å². The van der Waals surface area contributed by atoms with Gasteiger partial charge in [0.25, 0.3) is 0 Å². The molecule has 1 aromatic heterocycles. The van der Waals surface area contributed by atoms with Crippen molar-refractivity contribution in [2.45, 2.75) is 13.8 Å². The van der Waals surface area contributed by atoms with E-state index < -0.39 is 5.97 Å². The second-order valence-electron chi connectivity index (χ2n) is 5.55. The first-order valence-corrected chi connectivity index (χ1v) is 8.41.